The minimum atomic E-state index is -0.837. The Labute approximate surface area is 112 Å². The average Bonchev–Trinajstić information content (AvgIpc) is 2.75. The summed E-state index contributed by atoms with van der Waals surface area (Å²) in [7, 11) is 0. The number of rotatable bonds is 3. The summed E-state index contributed by atoms with van der Waals surface area (Å²) in [6.45, 7) is 7.70. The standard InChI is InChI=1S/C12H21NO6/c1-11(2)16-6-8(17-11)9-7(5-15-10(13)14)18-12(3,4)19-9/h7-9H,5-6H2,1-4H3,(H2,13,14). The minimum absolute atomic E-state index is 0.0315. The van der Waals surface area contributed by atoms with Gasteiger partial charge in [0.05, 0.1) is 6.61 Å². The molecule has 2 aliphatic rings. The van der Waals surface area contributed by atoms with Crippen LogP contribution < -0.4 is 5.73 Å². The smallest absolute Gasteiger partial charge is 0.404 e. The highest BCUT2D eigenvalue weighted by molar-refractivity contribution is 5.64. The molecule has 3 atom stereocenters. The second kappa shape index (κ2) is 4.90. The van der Waals surface area contributed by atoms with Crippen LogP contribution in [-0.4, -0.2) is 49.2 Å². The van der Waals surface area contributed by atoms with E-state index in [1.807, 2.05) is 13.8 Å². The van der Waals surface area contributed by atoms with Crippen molar-refractivity contribution in [2.45, 2.75) is 57.6 Å². The lowest BCUT2D eigenvalue weighted by molar-refractivity contribution is -0.175. The average molecular weight is 275 g/mol. The van der Waals surface area contributed by atoms with Crippen LogP contribution in [0.4, 0.5) is 4.79 Å². The summed E-state index contributed by atoms with van der Waals surface area (Å²) in [6, 6.07) is 0. The van der Waals surface area contributed by atoms with Crippen molar-refractivity contribution in [2.24, 2.45) is 5.73 Å². The Morgan fingerprint density at radius 2 is 1.89 bits per heavy atom. The van der Waals surface area contributed by atoms with Crippen molar-refractivity contribution in [1.29, 1.82) is 0 Å². The van der Waals surface area contributed by atoms with Gasteiger partial charge in [0.2, 0.25) is 0 Å². The third-order valence-corrected chi connectivity index (χ3v) is 3.01. The fraction of sp³-hybridized carbons (Fsp3) is 0.917. The van der Waals surface area contributed by atoms with Gasteiger partial charge in [-0.25, -0.2) is 4.79 Å². The van der Waals surface area contributed by atoms with E-state index in [2.05, 4.69) is 0 Å². The van der Waals surface area contributed by atoms with Crippen molar-refractivity contribution < 1.29 is 28.5 Å². The van der Waals surface area contributed by atoms with E-state index < -0.39 is 23.8 Å². The van der Waals surface area contributed by atoms with Gasteiger partial charge in [-0.3, -0.25) is 0 Å². The van der Waals surface area contributed by atoms with Gasteiger partial charge in [-0.2, -0.15) is 0 Å². The Morgan fingerprint density at radius 3 is 2.42 bits per heavy atom. The SMILES string of the molecule is CC1(C)OCC(C2OC(C)(C)OC2COC(N)=O)O1. The predicted octanol–water partition coefficient (Wildman–Crippen LogP) is 0.753. The third-order valence-electron chi connectivity index (χ3n) is 3.01. The fourth-order valence-electron chi connectivity index (χ4n) is 2.35. The summed E-state index contributed by atoms with van der Waals surface area (Å²) >= 11 is 0. The Hall–Kier alpha value is -0.890. The van der Waals surface area contributed by atoms with E-state index in [0.29, 0.717) is 6.61 Å². The summed E-state index contributed by atoms with van der Waals surface area (Å²) in [5.74, 6) is -1.40. The van der Waals surface area contributed by atoms with Crippen LogP contribution in [0.5, 0.6) is 0 Å². The zero-order valence-corrected chi connectivity index (χ0v) is 11.7. The van der Waals surface area contributed by atoms with Gasteiger partial charge in [-0.1, -0.05) is 0 Å². The molecule has 0 radical (unpaired) electrons. The monoisotopic (exact) mass is 275 g/mol. The minimum Gasteiger partial charge on any atom is -0.447 e. The van der Waals surface area contributed by atoms with E-state index in [9.17, 15) is 4.79 Å². The number of hydrogen-bond acceptors (Lipinski definition) is 6. The molecule has 0 aromatic heterocycles. The molecule has 0 bridgehead atoms. The normalized spacial score (nSPS) is 36.3. The molecular formula is C12H21NO6. The second-order valence-electron chi connectivity index (χ2n) is 5.64. The molecule has 2 heterocycles. The molecule has 2 rings (SSSR count). The van der Waals surface area contributed by atoms with Gasteiger partial charge in [-0.15, -0.1) is 0 Å². The topological polar surface area (TPSA) is 89.2 Å². The predicted molar refractivity (Wildman–Crippen MR) is 64.3 cm³/mol. The first kappa shape index (κ1) is 14.5. The van der Waals surface area contributed by atoms with Crippen LogP contribution in [0.1, 0.15) is 27.7 Å². The highest BCUT2D eigenvalue weighted by Gasteiger charge is 2.50. The van der Waals surface area contributed by atoms with Crippen molar-refractivity contribution in [2.75, 3.05) is 13.2 Å². The maximum Gasteiger partial charge on any atom is 0.404 e. The van der Waals surface area contributed by atoms with Gasteiger partial charge in [0, 0.05) is 0 Å². The molecule has 19 heavy (non-hydrogen) atoms. The second-order valence-corrected chi connectivity index (χ2v) is 5.64. The van der Waals surface area contributed by atoms with Crippen LogP contribution in [0.3, 0.4) is 0 Å². The summed E-state index contributed by atoms with van der Waals surface area (Å²) in [6.07, 6.45) is -1.89. The highest BCUT2D eigenvalue weighted by Crippen LogP contribution is 2.35. The summed E-state index contributed by atoms with van der Waals surface area (Å²) in [5, 5.41) is 0. The molecule has 3 unspecified atom stereocenters. The molecule has 110 valence electrons. The van der Waals surface area contributed by atoms with E-state index in [-0.39, 0.29) is 18.8 Å². The molecule has 2 saturated heterocycles. The first-order valence-corrected chi connectivity index (χ1v) is 6.28. The molecule has 2 N–H and O–H groups in total. The third kappa shape index (κ3) is 3.56. The first-order valence-electron chi connectivity index (χ1n) is 6.28. The van der Waals surface area contributed by atoms with Crippen molar-refractivity contribution in [3.63, 3.8) is 0 Å². The number of amides is 1. The van der Waals surface area contributed by atoms with Crippen LogP contribution in [0.25, 0.3) is 0 Å². The van der Waals surface area contributed by atoms with Gasteiger partial charge in [0.25, 0.3) is 0 Å². The molecule has 0 saturated carbocycles. The lowest BCUT2D eigenvalue weighted by Crippen LogP contribution is -2.41. The first-order chi connectivity index (χ1) is 8.69. The number of ether oxygens (including phenoxy) is 5. The Balaban J connectivity index is 2.02. The van der Waals surface area contributed by atoms with E-state index >= 15 is 0 Å². The van der Waals surface area contributed by atoms with E-state index in [0.717, 1.165) is 0 Å². The number of carbonyl (C=O) groups is 1. The van der Waals surface area contributed by atoms with E-state index in [4.69, 9.17) is 29.4 Å². The number of primary amides is 1. The van der Waals surface area contributed by atoms with Gasteiger partial charge >= 0.3 is 6.09 Å². The van der Waals surface area contributed by atoms with Gasteiger partial charge in [0.15, 0.2) is 11.6 Å². The molecule has 0 aromatic carbocycles. The van der Waals surface area contributed by atoms with Crippen molar-refractivity contribution in [3.8, 4) is 0 Å². The zero-order valence-electron chi connectivity index (χ0n) is 11.7. The van der Waals surface area contributed by atoms with Crippen LogP contribution in [0.15, 0.2) is 0 Å². The van der Waals surface area contributed by atoms with Crippen molar-refractivity contribution in [1.82, 2.24) is 0 Å². The largest absolute Gasteiger partial charge is 0.447 e. The van der Waals surface area contributed by atoms with Crippen LogP contribution >= 0.6 is 0 Å². The molecule has 2 fully saturated rings. The molecular weight excluding hydrogens is 254 g/mol. The fourth-order valence-corrected chi connectivity index (χ4v) is 2.35. The molecule has 7 heteroatoms. The Morgan fingerprint density at radius 1 is 1.21 bits per heavy atom. The lowest BCUT2D eigenvalue weighted by atomic mass is 10.1. The maximum atomic E-state index is 10.7. The molecule has 0 aromatic rings. The molecule has 0 spiro atoms. The summed E-state index contributed by atoms with van der Waals surface area (Å²) in [4.78, 5) is 10.7. The van der Waals surface area contributed by atoms with Gasteiger partial charge in [0.1, 0.15) is 24.9 Å². The highest BCUT2D eigenvalue weighted by atomic mass is 16.8. The lowest BCUT2D eigenvalue weighted by Gasteiger charge is -2.23. The zero-order chi connectivity index (χ0) is 14.3. The van der Waals surface area contributed by atoms with Crippen molar-refractivity contribution in [3.05, 3.63) is 0 Å². The van der Waals surface area contributed by atoms with Crippen LogP contribution in [0.2, 0.25) is 0 Å². The molecule has 0 aliphatic carbocycles. The molecule has 2 aliphatic heterocycles. The number of nitrogens with two attached hydrogens (primary N) is 1. The van der Waals surface area contributed by atoms with Gasteiger partial charge < -0.3 is 29.4 Å². The Kier molecular flexibility index (Phi) is 3.74. The van der Waals surface area contributed by atoms with Crippen molar-refractivity contribution >= 4 is 6.09 Å². The molecule has 1 amide bonds. The Bertz CT molecular complexity index is 356. The van der Waals surface area contributed by atoms with E-state index in [1.165, 1.54) is 0 Å². The number of carbonyl (C=O) groups excluding carboxylic acids is 1. The molecule has 7 nitrogen and oxygen atoms in total. The maximum absolute atomic E-state index is 10.7. The van der Waals surface area contributed by atoms with Crippen LogP contribution in [-0.2, 0) is 23.7 Å². The van der Waals surface area contributed by atoms with Gasteiger partial charge in [-0.05, 0) is 27.7 Å². The van der Waals surface area contributed by atoms with Crippen LogP contribution in [0, 0.1) is 0 Å². The quantitative estimate of drug-likeness (QED) is 0.817. The van der Waals surface area contributed by atoms with E-state index in [1.54, 1.807) is 13.8 Å². The number of hydrogen-bond donors (Lipinski definition) is 1. The summed E-state index contributed by atoms with van der Waals surface area (Å²) < 4.78 is 27.6. The summed E-state index contributed by atoms with van der Waals surface area (Å²) in [5.41, 5.74) is 4.97.